The molecule has 0 aromatic heterocycles. The zero-order valence-electron chi connectivity index (χ0n) is 22.2. The number of carboxylic acids is 1. The first kappa shape index (κ1) is 28.4. The van der Waals surface area contributed by atoms with E-state index >= 15 is 0 Å². The highest BCUT2D eigenvalue weighted by Crippen LogP contribution is 2.42. The first-order valence-corrected chi connectivity index (χ1v) is 13.4. The predicted molar refractivity (Wildman–Crippen MR) is 147 cm³/mol. The molecule has 5 rings (SSSR count). The van der Waals surface area contributed by atoms with Crippen LogP contribution in [0.2, 0.25) is 0 Å². The number of halogens is 4. The van der Waals surface area contributed by atoms with E-state index in [-0.39, 0.29) is 24.9 Å². The van der Waals surface area contributed by atoms with Crippen molar-refractivity contribution in [2.75, 3.05) is 13.2 Å². The number of fused-ring (bicyclic) bond motifs is 1. The molecule has 2 atom stereocenters. The number of rotatable bonds is 9. The third kappa shape index (κ3) is 6.77. The highest BCUT2D eigenvalue weighted by molar-refractivity contribution is 5.70. The molecule has 8 heteroatoms. The van der Waals surface area contributed by atoms with Crippen molar-refractivity contribution in [2.45, 2.75) is 37.5 Å². The van der Waals surface area contributed by atoms with E-state index in [1.54, 1.807) is 24.3 Å². The van der Waals surface area contributed by atoms with E-state index in [1.165, 1.54) is 6.07 Å². The minimum atomic E-state index is -4.79. The lowest BCUT2D eigenvalue weighted by atomic mass is 9.80. The van der Waals surface area contributed by atoms with Crippen molar-refractivity contribution in [3.8, 4) is 5.75 Å². The lowest BCUT2D eigenvalue weighted by Crippen LogP contribution is -2.38. The van der Waals surface area contributed by atoms with Gasteiger partial charge in [0.25, 0.3) is 0 Å². The number of carbonyl (C=O) groups is 1. The highest BCUT2D eigenvalue weighted by Gasteiger charge is 2.36. The first-order valence-electron chi connectivity index (χ1n) is 13.4. The predicted octanol–water partition coefficient (Wildman–Crippen LogP) is 7.63. The van der Waals surface area contributed by atoms with Gasteiger partial charge in [-0.05, 0) is 52.1 Å². The zero-order chi connectivity index (χ0) is 29.0. The number of hydrogen-bond acceptors (Lipinski definition) is 3. The maximum atomic E-state index is 14.0. The Labute approximate surface area is 235 Å². The van der Waals surface area contributed by atoms with E-state index in [0.717, 1.165) is 28.8 Å². The van der Waals surface area contributed by atoms with Crippen LogP contribution in [0.25, 0.3) is 0 Å². The Morgan fingerprint density at radius 3 is 2.34 bits per heavy atom. The van der Waals surface area contributed by atoms with Crippen LogP contribution in [0.15, 0.2) is 97.1 Å². The van der Waals surface area contributed by atoms with Crippen LogP contribution in [0.5, 0.6) is 5.75 Å². The van der Waals surface area contributed by atoms with E-state index in [4.69, 9.17) is 9.84 Å². The van der Waals surface area contributed by atoms with Crippen molar-refractivity contribution in [3.05, 3.63) is 136 Å². The molecule has 0 amide bonds. The minimum Gasteiger partial charge on any atom is -0.494 e. The molecule has 0 aliphatic carbocycles. The van der Waals surface area contributed by atoms with Crippen molar-refractivity contribution in [1.29, 1.82) is 0 Å². The summed E-state index contributed by atoms with van der Waals surface area (Å²) in [5.41, 5.74) is 3.05. The molecule has 0 bridgehead atoms. The Hall–Kier alpha value is -4.17. The van der Waals surface area contributed by atoms with Crippen LogP contribution in [0, 0.1) is 5.82 Å². The van der Waals surface area contributed by atoms with Gasteiger partial charge in [0, 0.05) is 31.5 Å². The third-order valence-electron chi connectivity index (χ3n) is 7.43. The number of aliphatic carboxylic acids is 1. The van der Waals surface area contributed by atoms with Crippen LogP contribution in [-0.2, 0) is 23.9 Å². The summed E-state index contributed by atoms with van der Waals surface area (Å²) in [5, 5.41) is 9.10. The van der Waals surface area contributed by atoms with Gasteiger partial charge >= 0.3 is 12.1 Å². The molecule has 0 fully saturated rings. The van der Waals surface area contributed by atoms with Crippen LogP contribution >= 0.6 is 0 Å². The lowest BCUT2D eigenvalue weighted by Gasteiger charge is -2.42. The largest absolute Gasteiger partial charge is 0.494 e. The van der Waals surface area contributed by atoms with Gasteiger partial charge in [0.05, 0.1) is 18.6 Å². The first-order chi connectivity index (χ1) is 19.7. The van der Waals surface area contributed by atoms with Crippen molar-refractivity contribution >= 4 is 5.97 Å². The van der Waals surface area contributed by atoms with Gasteiger partial charge in [0.1, 0.15) is 11.6 Å². The third-order valence-corrected chi connectivity index (χ3v) is 7.43. The van der Waals surface area contributed by atoms with E-state index in [9.17, 15) is 22.4 Å². The van der Waals surface area contributed by atoms with Gasteiger partial charge < -0.3 is 9.84 Å². The number of benzene rings is 4. The molecule has 1 unspecified atom stereocenters. The monoisotopic (exact) mass is 563 g/mol. The Balaban J connectivity index is 1.45. The zero-order valence-corrected chi connectivity index (χ0v) is 22.2. The Morgan fingerprint density at radius 1 is 0.878 bits per heavy atom. The van der Waals surface area contributed by atoms with E-state index < -0.39 is 23.5 Å². The summed E-state index contributed by atoms with van der Waals surface area (Å²) in [6.45, 7) is 1.05. The fraction of sp³-hybridized carbons (Fsp3) is 0.242. The van der Waals surface area contributed by atoms with Gasteiger partial charge in [-0.15, -0.1) is 0 Å². The van der Waals surface area contributed by atoms with Crippen molar-refractivity contribution in [2.24, 2.45) is 0 Å². The fourth-order valence-electron chi connectivity index (χ4n) is 5.60. The number of hydrogen-bond donors (Lipinski definition) is 1. The number of carboxylic acid groups (broad SMARTS) is 1. The normalized spacial score (nSPS) is 17.2. The maximum Gasteiger partial charge on any atom is 0.419 e. The molecule has 1 N–H and O–H groups in total. The van der Waals surface area contributed by atoms with Crippen molar-refractivity contribution < 1.29 is 32.2 Å². The molecule has 212 valence electrons. The van der Waals surface area contributed by atoms with E-state index in [0.29, 0.717) is 36.4 Å². The van der Waals surface area contributed by atoms with Crippen molar-refractivity contribution in [3.63, 3.8) is 0 Å². The Morgan fingerprint density at radius 2 is 1.61 bits per heavy atom. The van der Waals surface area contributed by atoms with Gasteiger partial charge in [0.2, 0.25) is 0 Å². The lowest BCUT2D eigenvalue weighted by molar-refractivity contribution is -0.140. The van der Waals surface area contributed by atoms with Crippen molar-refractivity contribution in [1.82, 2.24) is 4.90 Å². The van der Waals surface area contributed by atoms with E-state index in [2.05, 4.69) is 11.0 Å². The molecular weight excluding hydrogens is 534 g/mol. The summed E-state index contributed by atoms with van der Waals surface area (Å²) in [4.78, 5) is 13.2. The van der Waals surface area contributed by atoms with Gasteiger partial charge in [-0.2, -0.15) is 13.2 Å². The molecule has 0 radical (unpaired) electrons. The quantitative estimate of drug-likeness (QED) is 0.213. The topological polar surface area (TPSA) is 49.8 Å². The van der Waals surface area contributed by atoms with E-state index in [1.807, 2.05) is 48.5 Å². The molecule has 0 saturated carbocycles. The molecule has 41 heavy (non-hydrogen) atoms. The summed E-state index contributed by atoms with van der Waals surface area (Å²) in [6.07, 6.45) is -4.36. The number of ether oxygens (including phenoxy) is 1. The molecule has 1 aliphatic rings. The SMILES string of the molecule is O=C(O)Cc1cccc(OCC[C@H]2c3ccccc3C(c3ccccc3)CN2Cc2ccc(F)c(C(F)(F)F)c2)c1. The standard InChI is InChI=1S/C33H29F4NO3/c34-30-14-13-23(18-29(30)33(35,36)37)20-38-21-28(24-8-2-1-3-9-24)26-11-4-5-12-27(26)31(38)15-16-41-25-10-6-7-22(17-25)19-32(39)40/h1-14,17-18,28,31H,15-16,19-21H2,(H,39,40)/t28?,31-/m0/s1. The summed E-state index contributed by atoms with van der Waals surface area (Å²) < 4.78 is 60.5. The molecule has 4 nitrogen and oxygen atoms in total. The van der Waals surface area contributed by atoms with Gasteiger partial charge in [-0.25, -0.2) is 4.39 Å². The molecule has 4 aromatic rings. The second-order valence-electron chi connectivity index (χ2n) is 10.2. The van der Waals surface area contributed by atoms with Crippen LogP contribution in [0.4, 0.5) is 17.6 Å². The molecule has 1 heterocycles. The Bertz CT molecular complexity index is 1510. The minimum absolute atomic E-state index is 0.000182. The summed E-state index contributed by atoms with van der Waals surface area (Å²) in [6, 6.07) is 28.0. The van der Waals surface area contributed by atoms with Crippen LogP contribution < -0.4 is 4.74 Å². The van der Waals surface area contributed by atoms with Gasteiger partial charge in [-0.3, -0.25) is 9.69 Å². The maximum absolute atomic E-state index is 14.0. The fourth-order valence-corrected chi connectivity index (χ4v) is 5.60. The summed E-state index contributed by atoms with van der Waals surface area (Å²) in [5.74, 6) is -1.67. The van der Waals surface area contributed by atoms with Gasteiger partial charge in [0.15, 0.2) is 0 Å². The average Bonchev–Trinajstić information content (AvgIpc) is 2.94. The van der Waals surface area contributed by atoms with Crippen LogP contribution in [-0.4, -0.2) is 29.1 Å². The van der Waals surface area contributed by atoms with Gasteiger partial charge in [-0.1, -0.05) is 72.8 Å². The molecule has 1 aliphatic heterocycles. The molecule has 0 saturated heterocycles. The molecular formula is C33H29F4NO3. The smallest absolute Gasteiger partial charge is 0.419 e. The highest BCUT2D eigenvalue weighted by atomic mass is 19.4. The molecule has 0 spiro atoms. The van der Waals surface area contributed by atoms with Crippen LogP contribution in [0.3, 0.4) is 0 Å². The number of nitrogens with zero attached hydrogens (tertiary/aromatic N) is 1. The average molecular weight is 564 g/mol. The summed E-state index contributed by atoms with van der Waals surface area (Å²) >= 11 is 0. The number of alkyl halides is 3. The second kappa shape index (κ2) is 12.1. The summed E-state index contributed by atoms with van der Waals surface area (Å²) in [7, 11) is 0. The molecule has 4 aromatic carbocycles. The second-order valence-corrected chi connectivity index (χ2v) is 10.2. The van der Waals surface area contributed by atoms with Crippen LogP contribution in [0.1, 0.15) is 51.8 Å². The Kier molecular flexibility index (Phi) is 8.40.